The number of rotatable bonds is 42. The van der Waals surface area contributed by atoms with Gasteiger partial charge in [0, 0.05) is 0 Å². The molecule has 0 bridgehead atoms. The van der Waals surface area contributed by atoms with Crippen molar-refractivity contribution in [2.75, 3.05) is 6.61 Å². The van der Waals surface area contributed by atoms with Gasteiger partial charge >= 0.3 is 0 Å². The largest absolute Gasteiger partial charge is 0.394 e. The molecule has 0 fully saturated rings. The van der Waals surface area contributed by atoms with Gasteiger partial charge in [-0.25, -0.2) is 0 Å². The van der Waals surface area contributed by atoms with Gasteiger partial charge in [-0.05, 0) is 38.5 Å². The molecule has 0 aliphatic heterocycles. The molecule has 0 saturated carbocycles. The zero-order valence-electron chi connectivity index (χ0n) is 35.0. The van der Waals surface area contributed by atoms with Crippen LogP contribution in [0, 0.1) is 0 Å². The third-order valence-corrected chi connectivity index (χ3v) is 10.9. The van der Waals surface area contributed by atoms with Crippen molar-refractivity contribution < 1.29 is 20.1 Å². The first-order chi connectivity index (χ1) is 25.6. The van der Waals surface area contributed by atoms with Crippen LogP contribution in [0.1, 0.15) is 245 Å². The van der Waals surface area contributed by atoms with Crippen LogP contribution in [0.4, 0.5) is 0 Å². The second kappa shape index (κ2) is 42.6. The summed E-state index contributed by atoms with van der Waals surface area (Å²) >= 11 is 0. The van der Waals surface area contributed by atoms with Crippen molar-refractivity contribution in [1.82, 2.24) is 5.32 Å². The van der Waals surface area contributed by atoms with Gasteiger partial charge in [-0.3, -0.25) is 4.79 Å². The molecular formula is C47H91NO4. The molecule has 0 aromatic carbocycles. The van der Waals surface area contributed by atoms with Gasteiger partial charge < -0.3 is 20.6 Å². The van der Waals surface area contributed by atoms with E-state index in [0.717, 1.165) is 32.1 Å². The molecule has 4 N–H and O–H groups in total. The maximum atomic E-state index is 12.5. The van der Waals surface area contributed by atoms with Crippen molar-refractivity contribution >= 4 is 5.91 Å². The van der Waals surface area contributed by atoms with E-state index in [0.29, 0.717) is 12.8 Å². The molecule has 3 atom stereocenters. The van der Waals surface area contributed by atoms with Crippen LogP contribution in [0.5, 0.6) is 0 Å². The third kappa shape index (κ3) is 37.2. The molecule has 0 aliphatic carbocycles. The molecule has 0 rings (SSSR count). The fourth-order valence-electron chi connectivity index (χ4n) is 7.18. The lowest BCUT2D eigenvalue weighted by atomic mass is 10.0. The first-order valence-corrected chi connectivity index (χ1v) is 23.2. The van der Waals surface area contributed by atoms with E-state index in [-0.39, 0.29) is 6.61 Å². The molecule has 0 aromatic rings. The van der Waals surface area contributed by atoms with Gasteiger partial charge in [-0.15, -0.1) is 0 Å². The Morgan fingerprint density at radius 2 is 0.769 bits per heavy atom. The van der Waals surface area contributed by atoms with Crippen LogP contribution in [0.3, 0.4) is 0 Å². The summed E-state index contributed by atoms with van der Waals surface area (Å²) in [6.45, 7) is 4.22. The molecule has 0 heterocycles. The summed E-state index contributed by atoms with van der Waals surface area (Å²) in [7, 11) is 0. The highest BCUT2D eigenvalue weighted by molar-refractivity contribution is 5.80. The predicted molar refractivity (Wildman–Crippen MR) is 227 cm³/mol. The summed E-state index contributed by atoms with van der Waals surface area (Å²) in [6, 6.07) is -0.712. The second-order valence-corrected chi connectivity index (χ2v) is 16.0. The van der Waals surface area contributed by atoms with E-state index in [1.54, 1.807) is 0 Å². The van der Waals surface area contributed by atoms with Crippen LogP contribution in [-0.2, 0) is 4.79 Å². The van der Waals surface area contributed by atoms with Crippen LogP contribution in [0.15, 0.2) is 24.3 Å². The van der Waals surface area contributed by atoms with Crippen LogP contribution in [0.2, 0.25) is 0 Å². The van der Waals surface area contributed by atoms with Crippen LogP contribution < -0.4 is 5.32 Å². The van der Waals surface area contributed by atoms with Crippen molar-refractivity contribution in [3.8, 4) is 0 Å². The lowest BCUT2D eigenvalue weighted by Crippen LogP contribution is -2.49. The van der Waals surface area contributed by atoms with Gasteiger partial charge in [0.05, 0.1) is 18.8 Å². The van der Waals surface area contributed by atoms with E-state index in [2.05, 4.69) is 43.5 Å². The topological polar surface area (TPSA) is 89.8 Å². The molecule has 308 valence electrons. The van der Waals surface area contributed by atoms with Crippen LogP contribution >= 0.6 is 0 Å². The number of amides is 1. The molecule has 0 spiro atoms. The summed E-state index contributed by atoms with van der Waals surface area (Å²) in [4.78, 5) is 12.5. The Bertz CT molecular complexity index is 768. The number of aliphatic hydroxyl groups is 3. The summed E-state index contributed by atoms with van der Waals surface area (Å²) in [5.41, 5.74) is 0. The molecule has 52 heavy (non-hydrogen) atoms. The van der Waals surface area contributed by atoms with E-state index in [1.807, 2.05) is 0 Å². The Kier molecular flexibility index (Phi) is 41.6. The number of hydrogen-bond donors (Lipinski definition) is 4. The number of hydrogen-bond acceptors (Lipinski definition) is 4. The maximum Gasteiger partial charge on any atom is 0.249 e. The molecule has 5 heteroatoms. The fourth-order valence-corrected chi connectivity index (χ4v) is 7.18. The fraction of sp³-hybridized carbons (Fsp3) is 0.894. The Hall–Kier alpha value is -1.17. The molecule has 0 radical (unpaired) electrons. The van der Waals surface area contributed by atoms with Gasteiger partial charge in [0.1, 0.15) is 6.10 Å². The number of nitrogens with one attached hydrogen (secondary N) is 1. The van der Waals surface area contributed by atoms with Gasteiger partial charge in [-0.2, -0.15) is 0 Å². The van der Waals surface area contributed by atoms with Crippen molar-refractivity contribution in [1.29, 1.82) is 0 Å². The zero-order chi connectivity index (χ0) is 38.0. The summed E-state index contributed by atoms with van der Waals surface area (Å²) < 4.78 is 0. The minimum absolute atomic E-state index is 0.313. The SMILES string of the molecule is CCCCC/C=C\C=C/CCCCCCCCCCCC(O)C(=O)NC(CO)C(O)CCCCCCCCCCCCCCCCCCCCCC. The molecule has 0 aromatic heterocycles. The first-order valence-electron chi connectivity index (χ1n) is 23.2. The summed E-state index contributed by atoms with van der Waals surface area (Å²) in [6.07, 6.45) is 51.8. The van der Waals surface area contributed by atoms with Gasteiger partial charge in [0.15, 0.2) is 0 Å². The molecule has 5 nitrogen and oxygen atoms in total. The molecule has 0 aliphatic rings. The van der Waals surface area contributed by atoms with Crippen molar-refractivity contribution in [2.45, 2.75) is 263 Å². The van der Waals surface area contributed by atoms with Gasteiger partial charge in [-0.1, -0.05) is 231 Å². The van der Waals surface area contributed by atoms with E-state index < -0.39 is 24.2 Å². The quantitative estimate of drug-likeness (QED) is 0.0371. The van der Waals surface area contributed by atoms with Crippen LogP contribution in [0.25, 0.3) is 0 Å². The number of carbonyl (C=O) groups is 1. The Morgan fingerprint density at radius 1 is 0.462 bits per heavy atom. The molecule has 1 amide bonds. The molecule has 0 saturated heterocycles. The molecular weight excluding hydrogens is 643 g/mol. The average molecular weight is 734 g/mol. The average Bonchev–Trinajstić information content (AvgIpc) is 3.15. The molecule has 3 unspecified atom stereocenters. The monoisotopic (exact) mass is 734 g/mol. The van der Waals surface area contributed by atoms with Crippen molar-refractivity contribution in [3.63, 3.8) is 0 Å². The van der Waals surface area contributed by atoms with E-state index in [9.17, 15) is 20.1 Å². The van der Waals surface area contributed by atoms with Gasteiger partial charge in [0.2, 0.25) is 5.91 Å². The van der Waals surface area contributed by atoms with Crippen molar-refractivity contribution in [3.05, 3.63) is 24.3 Å². The normalized spacial score (nSPS) is 13.7. The summed E-state index contributed by atoms with van der Waals surface area (Å²) in [5, 5.41) is 33.4. The minimum atomic E-state index is -1.08. The van der Waals surface area contributed by atoms with E-state index >= 15 is 0 Å². The number of aliphatic hydroxyl groups excluding tert-OH is 3. The van der Waals surface area contributed by atoms with Gasteiger partial charge in [0.25, 0.3) is 0 Å². The Morgan fingerprint density at radius 3 is 1.15 bits per heavy atom. The minimum Gasteiger partial charge on any atom is -0.394 e. The number of allylic oxidation sites excluding steroid dienone is 4. The lowest BCUT2D eigenvalue weighted by molar-refractivity contribution is -0.131. The lowest BCUT2D eigenvalue weighted by Gasteiger charge is -2.23. The highest BCUT2D eigenvalue weighted by atomic mass is 16.3. The van der Waals surface area contributed by atoms with Crippen molar-refractivity contribution in [2.24, 2.45) is 0 Å². The van der Waals surface area contributed by atoms with E-state index in [1.165, 1.54) is 186 Å². The highest BCUT2D eigenvalue weighted by Gasteiger charge is 2.23. The predicted octanol–water partition coefficient (Wildman–Crippen LogP) is 13.4. The smallest absolute Gasteiger partial charge is 0.249 e. The Labute approximate surface area is 324 Å². The Balaban J connectivity index is 3.60. The maximum absolute atomic E-state index is 12.5. The van der Waals surface area contributed by atoms with Crippen LogP contribution in [-0.4, -0.2) is 46.1 Å². The highest BCUT2D eigenvalue weighted by Crippen LogP contribution is 2.17. The second-order valence-electron chi connectivity index (χ2n) is 16.0. The number of carbonyl (C=O) groups excluding carboxylic acids is 1. The standard InChI is InChI=1S/C47H91NO4/c1-3-5-7-9-11-13-15-17-19-21-23-24-26-27-29-31-33-35-37-39-41-45(50)44(43-49)48-47(52)46(51)42-40-38-36-34-32-30-28-25-22-20-18-16-14-12-10-8-6-4-2/h12,14,16,18,44-46,49-51H,3-11,13,15,17,19-43H2,1-2H3,(H,48,52)/b14-12-,18-16-. The zero-order valence-corrected chi connectivity index (χ0v) is 35.0. The number of unbranched alkanes of at least 4 members (excludes halogenated alkanes) is 31. The first kappa shape index (κ1) is 50.8. The van der Waals surface area contributed by atoms with E-state index in [4.69, 9.17) is 0 Å². The third-order valence-electron chi connectivity index (χ3n) is 10.9. The summed E-state index contributed by atoms with van der Waals surface area (Å²) in [5.74, 6) is -0.473.